The predicted octanol–water partition coefficient (Wildman–Crippen LogP) is 6.03. The molecule has 212 valence electrons. The zero-order valence-corrected chi connectivity index (χ0v) is 21.5. The van der Waals surface area contributed by atoms with E-state index in [4.69, 9.17) is 4.74 Å². The highest BCUT2D eigenvalue weighted by Gasteiger charge is 2.64. The summed E-state index contributed by atoms with van der Waals surface area (Å²) in [5.41, 5.74) is -5.61. The van der Waals surface area contributed by atoms with Crippen LogP contribution >= 0.6 is 12.4 Å². The van der Waals surface area contributed by atoms with Gasteiger partial charge in [0.2, 0.25) is 5.82 Å². The average Bonchev–Trinajstić information content (AvgIpc) is 3.40. The highest BCUT2D eigenvalue weighted by atomic mass is 35.5. The van der Waals surface area contributed by atoms with Crippen LogP contribution in [0.25, 0.3) is 0 Å². The first-order valence-electron chi connectivity index (χ1n) is 11.9. The van der Waals surface area contributed by atoms with E-state index >= 15 is 4.39 Å². The Labute approximate surface area is 225 Å². The van der Waals surface area contributed by atoms with Crippen LogP contribution in [0.2, 0.25) is 0 Å². The molecule has 0 aliphatic carbocycles. The van der Waals surface area contributed by atoms with Crippen LogP contribution in [0.3, 0.4) is 0 Å². The number of benzene rings is 2. The first-order chi connectivity index (χ1) is 17.7. The van der Waals surface area contributed by atoms with Crippen molar-refractivity contribution in [2.24, 2.45) is 7.05 Å². The number of fused-ring (bicyclic) bond motifs is 2. The lowest BCUT2D eigenvalue weighted by atomic mass is 9.79. The van der Waals surface area contributed by atoms with Gasteiger partial charge in [0, 0.05) is 12.5 Å². The van der Waals surface area contributed by atoms with Crippen LogP contribution in [-0.4, -0.2) is 32.4 Å². The Morgan fingerprint density at radius 2 is 1.62 bits per heavy atom. The van der Waals surface area contributed by atoms with Crippen molar-refractivity contribution in [2.45, 2.75) is 68.0 Å². The van der Waals surface area contributed by atoms with Crippen molar-refractivity contribution in [3.05, 3.63) is 76.6 Å². The third-order valence-electron chi connectivity index (χ3n) is 7.40. The summed E-state index contributed by atoms with van der Waals surface area (Å²) >= 11 is 0. The first-order valence-corrected chi connectivity index (χ1v) is 11.9. The number of aromatic nitrogens is 4. The SMILES string of the molecule is C[C@H](O[C@@H]1CC[C@@H]2N[C@@]1(c1ccccc1)C[C@@]2(F)c1nnn(C)n1)c1cc(C(F)(F)F)cc(C(F)(F)F)c1.Cl. The molecule has 5 atom stereocenters. The van der Waals surface area contributed by atoms with E-state index in [9.17, 15) is 26.3 Å². The molecular weight excluding hydrogens is 555 g/mol. The molecule has 0 amide bonds. The number of hydrogen-bond acceptors (Lipinski definition) is 5. The second kappa shape index (κ2) is 10.0. The molecule has 1 N–H and O–H groups in total. The molecule has 0 radical (unpaired) electrons. The third kappa shape index (κ3) is 5.23. The second-order valence-electron chi connectivity index (χ2n) is 9.86. The number of piperidine rings is 1. The minimum atomic E-state index is -4.98. The van der Waals surface area contributed by atoms with Crippen molar-refractivity contribution in [1.82, 2.24) is 25.5 Å². The van der Waals surface area contributed by atoms with Crippen LogP contribution < -0.4 is 5.32 Å². The van der Waals surface area contributed by atoms with Gasteiger partial charge < -0.3 is 4.74 Å². The van der Waals surface area contributed by atoms with Crippen LogP contribution in [-0.2, 0) is 35.3 Å². The van der Waals surface area contributed by atoms with Crippen LogP contribution in [0.4, 0.5) is 30.7 Å². The molecule has 6 nitrogen and oxygen atoms in total. The van der Waals surface area contributed by atoms with Crippen molar-refractivity contribution in [3.8, 4) is 0 Å². The zero-order chi connectivity index (χ0) is 27.5. The fraction of sp³-hybridized carbons (Fsp3) is 0.480. The fourth-order valence-corrected chi connectivity index (χ4v) is 5.59. The summed E-state index contributed by atoms with van der Waals surface area (Å²) in [5.74, 6) is -0.100. The van der Waals surface area contributed by atoms with Gasteiger partial charge >= 0.3 is 12.4 Å². The van der Waals surface area contributed by atoms with E-state index in [1.165, 1.54) is 14.0 Å². The van der Waals surface area contributed by atoms with Gasteiger partial charge in [-0.05, 0) is 54.3 Å². The molecule has 39 heavy (non-hydrogen) atoms. The smallest absolute Gasteiger partial charge is 0.368 e. The van der Waals surface area contributed by atoms with E-state index in [2.05, 4.69) is 20.7 Å². The number of tetrazole rings is 1. The molecule has 0 saturated carbocycles. The summed E-state index contributed by atoms with van der Waals surface area (Å²) in [7, 11) is 1.51. The molecule has 3 aromatic rings. The highest BCUT2D eigenvalue weighted by molar-refractivity contribution is 5.85. The Balaban J connectivity index is 0.00000353. The molecular formula is C25H25ClF7N5O. The molecule has 0 spiro atoms. The van der Waals surface area contributed by atoms with Gasteiger partial charge in [-0.15, -0.1) is 22.6 Å². The zero-order valence-electron chi connectivity index (χ0n) is 20.7. The first kappa shape index (κ1) is 29.2. The average molecular weight is 580 g/mol. The number of nitrogens with zero attached hydrogens (tertiary/aromatic N) is 4. The van der Waals surface area contributed by atoms with Gasteiger partial charge in [0.05, 0.1) is 35.9 Å². The summed E-state index contributed by atoms with van der Waals surface area (Å²) in [6.07, 6.45) is -11.5. The quantitative estimate of drug-likeness (QED) is 0.374. The molecule has 2 saturated heterocycles. The Hall–Kier alpha value is -2.77. The normalized spacial score (nSPS) is 27.7. The van der Waals surface area contributed by atoms with Gasteiger partial charge in [0.25, 0.3) is 0 Å². The number of ether oxygens (including phenoxy) is 1. The maximum absolute atomic E-state index is 16.6. The van der Waals surface area contributed by atoms with E-state index in [1.54, 1.807) is 30.3 Å². The molecule has 2 aliphatic heterocycles. The van der Waals surface area contributed by atoms with Gasteiger partial charge in [-0.2, -0.15) is 31.1 Å². The minimum Gasteiger partial charge on any atom is -0.368 e. The Morgan fingerprint density at radius 3 is 2.15 bits per heavy atom. The van der Waals surface area contributed by atoms with Crippen molar-refractivity contribution in [2.75, 3.05) is 0 Å². The molecule has 2 aromatic carbocycles. The second-order valence-corrected chi connectivity index (χ2v) is 9.86. The molecule has 2 aliphatic rings. The van der Waals surface area contributed by atoms with Crippen molar-refractivity contribution in [1.29, 1.82) is 0 Å². The predicted molar refractivity (Wildman–Crippen MR) is 127 cm³/mol. The lowest BCUT2D eigenvalue weighted by Gasteiger charge is -2.43. The Morgan fingerprint density at radius 1 is 1.00 bits per heavy atom. The summed E-state index contributed by atoms with van der Waals surface area (Å²) < 4.78 is 103. The van der Waals surface area contributed by atoms with Crippen LogP contribution in [0.15, 0.2) is 48.5 Å². The largest absolute Gasteiger partial charge is 0.416 e. The minimum absolute atomic E-state index is 0. The lowest BCUT2D eigenvalue weighted by molar-refractivity contribution is -0.143. The fourth-order valence-electron chi connectivity index (χ4n) is 5.59. The van der Waals surface area contributed by atoms with E-state index in [0.717, 1.165) is 4.80 Å². The van der Waals surface area contributed by atoms with Gasteiger partial charge in [-0.3, -0.25) is 5.32 Å². The standard InChI is InChI=1S/C25H24F7N5O.ClH/c1-14(15-10-17(24(27,28)29)12-18(11-15)25(30,31)32)38-20-9-8-19-22(26,21-34-36-37(2)35-21)13-23(20,33-19)16-6-4-3-5-7-16;/h3-7,10-12,14,19-20,33H,8-9,13H2,1-2H3;1H/t14-,19-,20+,22-,23+;/m0./s1. The Bertz CT molecular complexity index is 1290. The third-order valence-corrected chi connectivity index (χ3v) is 7.40. The molecule has 14 heteroatoms. The summed E-state index contributed by atoms with van der Waals surface area (Å²) in [5, 5.41) is 15.0. The van der Waals surface area contributed by atoms with Crippen LogP contribution in [0.5, 0.6) is 0 Å². The number of nitrogens with one attached hydrogen (secondary N) is 1. The molecule has 5 rings (SSSR count). The van der Waals surface area contributed by atoms with Crippen molar-refractivity contribution >= 4 is 12.4 Å². The van der Waals surface area contributed by atoms with E-state index in [-0.39, 0.29) is 42.7 Å². The Kier molecular flexibility index (Phi) is 7.50. The topological polar surface area (TPSA) is 64.9 Å². The molecule has 0 unspecified atom stereocenters. The summed E-state index contributed by atoms with van der Waals surface area (Å²) in [6, 6.07) is 9.55. The van der Waals surface area contributed by atoms with Crippen molar-refractivity contribution < 1.29 is 35.5 Å². The highest BCUT2D eigenvalue weighted by Crippen LogP contribution is 2.55. The summed E-state index contributed by atoms with van der Waals surface area (Å²) in [6.45, 7) is 1.39. The maximum Gasteiger partial charge on any atom is 0.416 e. The van der Waals surface area contributed by atoms with Gasteiger partial charge in [-0.1, -0.05) is 30.3 Å². The number of rotatable bonds is 5. The molecule has 1 aromatic heterocycles. The maximum atomic E-state index is 16.6. The van der Waals surface area contributed by atoms with Gasteiger partial charge in [0.1, 0.15) is 0 Å². The summed E-state index contributed by atoms with van der Waals surface area (Å²) in [4.78, 5) is 1.15. The number of alkyl halides is 7. The number of halogens is 8. The van der Waals surface area contributed by atoms with Crippen LogP contribution in [0.1, 0.15) is 60.4 Å². The van der Waals surface area contributed by atoms with E-state index in [0.29, 0.717) is 24.1 Å². The van der Waals surface area contributed by atoms with E-state index < -0.39 is 52.9 Å². The van der Waals surface area contributed by atoms with Crippen molar-refractivity contribution in [3.63, 3.8) is 0 Å². The lowest BCUT2D eigenvalue weighted by Crippen LogP contribution is -2.55. The van der Waals surface area contributed by atoms with Crippen LogP contribution in [0, 0.1) is 0 Å². The molecule has 2 fully saturated rings. The van der Waals surface area contributed by atoms with E-state index in [1.807, 2.05) is 0 Å². The molecule has 3 heterocycles. The number of aryl methyl sites for hydroxylation is 1. The monoisotopic (exact) mass is 579 g/mol. The molecule has 2 bridgehead atoms. The van der Waals surface area contributed by atoms with Gasteiger partial charge in [0.15, 0.2) is 5.67 Å². The van der Waals surface area contributed by atoms with Gasteiger partial charge in [-0.25, -0.2) is 4.39 Å². The number of hydrogen-bond donors (Lipinski definition) is 1.